The number of H-pyrrole nitrogens is 1. The summed E-state index contributed by atoms with van der Waals surface area (Å²) in [5, 5.41) is 3.38. The van der Waals surface area contributed by atoms with Gasteiger partial charge in [0.15, 0.2) is 5.78 Å². The molecule has 0 spiro atoms. The fraction of sp³-hybridized carbons (Fsp3) is 0.0870. The Hall–Kier alpha value is -3.51. The average molecular weight is 399 g/mol. The van der Waals surface area contributed by atoms with Crippen molar-refractivity contribution >= 4 is 38.2 Å². The molecule has 0 radical (unpaired) electrons. The van der Waals surface area contributed by atoms with Gasteiger partial charge >= 0.3 is 0 Å². The van der Waals surface area contributed by atoms with Crippen molar-refractivity contribution in [2.75, 3.05) is 0 Å². The molecule has 5 aromatic rings. The van der Waals surface area contributed by atoms with Crippen LogP contribution >= 0.6 is 11.3 Å². The first-order valence-corrected chi connectivity index (χ1v) is 10.1. The van der Waals surface area contributed by atoms with E-state index in [-0.39, 0.29) is 17.9 Å². The van der Waals surface area contributed by atoms with Gasteiger partial charge in [0.1, 0.15) is 4.83 Å². The second-order valence-corrected chi connectivity index (χ2v) is 7.83. The fourth-order valence-electron chi connectivity index (χ4n) is 3.78. The Balaban J connectivity index is 1.59. The summed E-state index contributed by atoms with van der Waals surface area (Å²) >= 11 is 1.44. The lowest BCUT2D eigenvalue weighted by molar-refractivity contribution is 0.0971. The minimum absolute atomic E-state index is 0.0471. The summed E-state index contributed by atoms with van der Waals surface area (Å²) in [4.78, 5) is 34.6. The molecule has 0 fully saturated rings. The first kappa shape index (κ1) is 17.6. The fourth-order valence-corrected chi connectivity index (χ4v) is 4.69. The molecule has 5 rings (SSSR count). The van der Waals surface area contributed by atoms with E-state index in [2.05, 4.69) is 9.97 Å². The van der Waals surface area contributed by atoms with E-state index in [1.807, 2.05) is 66.9 Å². The van der Waals surface area contributed by atoms with Crippen LogP contribution in [0.5, 0.6) is 0 Å². The van der Waals surface area contributed by atoms with E-state index in [1.54, 1.807) is 0 Å². The lowest BCUT2D eigenvalue weighted by Crippen LogP contribution is -2.24. The van der Waals surface area contributed by atoms with Gasteiger partial charge in [-0.1, -0.05) is 48.5 Å². The third kappa shape index (κ3) is 2.89. The first-order valence-electron chi connectivity index (χ1n) is 9.26. The normalized spacial score (nSPS) is 11.3. The van der Waals surface area contributed by atoms with Gasteiger partial charge in [-0.05, 0) is 18.6 Å². The number of nitrogens with one attached hydrogen (secondary N) is 1. The van der Waals surface area contributed by atoms with Gasteiger partial charge in [-0.2, -0.15) is 0 Å². The van der Waals surface area contributed by atoms with Gasteiger partial charge < -0.3 is 4.98 Å². The number of fused-ring (bicyclic) bond motifs is 2. The molecule has 3 heterocycles. The molecular formula is C23H17N3O2S. The molecule has 3 aromatic heterocycles. The van der Waals surface area contributed by atoms with Crippen LogP contribution in [-0.4, -0.2) is 20.3 Å². The number of para-hydroxylation sites is 1. The van der Waals surface area contributed by atoms with Crippen molar-refractivity contribution in [1.82, 2.24) is 14.5 Å². The quantitative estimate of drug-likeness (QED) is 0.442. The van der Waals surface area contributed by atoms with Crippen molar-refractivity contribution in [3.63, 3.8) is 0 Å². The van der Waals surface area contributed by atoms with Gasteiger partial charge in [0.2, 0.25) is 0 Å². The molecule has 6 heteroatoms. The predicted octanol–water partition coefficient (Wildman–Crippen LogP) is 4.80. The number of thiophene rings is 1. The van der Waals surface area contributed by atoms with E-state index in [0.717, 1.165) is 27.7 Å². The Bertz CT molecular complexity index is 1430. The molecule has 5 nitrogen and oxygen atoms in total. The lowest BCUT2D eigenvalue weighted by atomic mass is 10.1. The first-order chi connectivity index (χ1) is 14.1. The molecule has 0 saturated carbocycles. The van der Waals surface area contributed by atoms with Crippen molar-refractivity contribution in [3.05, 3.63) is 87.9 Å². The maximum absolute atomic E-state index is 13.2. The highest BCUT2D eigenvalue weighted by molar-refractivity contribution is 7.17. The molecular weight excluding hydrogens is 382 g/mol. The zero-order valence-corrected chi connectivity index (χ0v) is 16.5. The van der Waals surface area contributed by atoms with Crippen molar-refractivity contribution in [1.29, 1.82) is 0 Å². The molecule has 0 amide bonds. The summed E-state index contributed by atoms with van der Waals surface area (Å²) in [6.45, 7) is 1.83. The number of aryl methyl sites for hydroxylation is 1. The van der Waals surface area contributed by atoms with Crippen LogP contribution in [0.2, 0.25) is 0 Å². The van der Waals surface area contributed by atoms with Gasteiger partial charge in [-0.3, -0.25) is 14.2 Å². The van der Waals surface area contributed by atoms with Gasteiger partial charge in [0.05, 0.1) is 18.3 Å². The smallest absolute Gasteiger partial charge is 0.263 e. The minimum Gasteiger partial charge on any atom is -0.358 e. The molecule has 29 heavy (non-hydrogen) atoms. The summed E-state index contributed by atoms with van der Waals surface area (Å²) < 4.78 is 1.41. The molecule has 0 atom stereocenters. The number of aromatic nitrogens is 3. The standard InChI is InChI=1S/C23H17N3O2S/c1-14-20(16-9-5-6-10-18(16)25-14)19(27)11-26-13-24-22-21(23(26)28)17(12-29-22)15-7-3-2-4-8-15/h2-10,12-13,25H,11H2,1H3. The summed E-state index contributed by atoms with van der Waals surface area (Å²) in [5.74, 6) is -0.111. The van der Waals surface area contributed by atoms with Crippen LogP contribution in [-0.2, 0) is 6.54 Å². The zero-order valence-electron chi connectivity index (χ0n) is 15.7. The molecule has 1 N–H and O–H groups in total. The summed E-state index contributed by atoms with van der Waals surface area (Å²) in [6, 6.07) is 17.5. The second kappa shape index (κ2) is 6.83. The molecule has 2 aromatic carbocycles. The van der Waals surface area contributed by atoms with Crippen LogP contribution < -0.4 is 5.56 Å². The number of nitrogens with zero attached hydrogens (tertiary/aromatic N) is 2. The number of hydrogen-bond donors (Lipinski definition) is 1. The Kier molecular flexibility index (Phi) is 4.14. The molecule has 142 valence electrons. The maximum Gasteiger partial charge on any atom is 0.263 e. The van der Waals surface area contributed by atoms with Gasteiger partial charge in [-0.25, -0.2) is 4.98 Å². The summed E-state index contributed by atoms with van der Waals surface area (Å²) in [6.07, 6.45) is 1.47. The highest BCUT2D eigenvalue weighted by Gasteiger charge is 2.19. The van der Waals surface area contributed by atoms with Crippen molar-refractivity contribution in [2.45, 2.75) is 13.5 Å². The van der Waals surface area contributed by atoms with Crippen molar-refractivity contribution in [3.8, 4) is 11.1 Å². The van der Waals surface area contributed by atoms with E-state index in [4.69, 9.17) is 0 Å². The van der Waals surface area contributed by atoms with Crippen molar-refractivity contribution in [2.24, 2.45) is 0 Å². The number of benzene rings is 2. The molecule has 0 aliphatic rings. The molecule has 0 unspecified atom stereocenters. The number of aromatic amines is 1. The minimum atomic E-state index is -0.194. The Morgan fingerprint density at radius 1 is 1.10 bits per heavy atom. The third-order valence-corrected chi connectivity index (χ3v) is 6.02. The molecule has 0 aliphatic heterocycles. The SMILES string of the molecule is Cc1[nH]c2ccccc2c1C(=O)Cn1cnc2scc(-c3ccccc3)c2c1=O. The number of carbonyl (C=O) groups excluding carboxylic acids is 1. The highest BCUT2D eigenvalue weighted by atomic mass is 32.1. The highest BCUT2D eigenvalue weighted by Crippen LogP contribution is 2.30. The number of rotatable bonds is 4. The number of carbonyl (C=O) groups is 1. The van der Waals surface area contributed by atoms with E-state index >= 15 is 0 Å². The van der Waals surface area contributed by atoms with E-state index in [0.29, 0.717) is 15.8 Å². The molecule has 0 bridgehead atoms. The Morgan fingerprint density at radius 2 is 1.86 bits per heavy atom. The molecule has 0 saturated heterocycles. The third-order valence-electron chi connectivity index (χ3n) is 5.13. The maximum atomic E-state index is 13.2. The summed E-state index contributed by atoms with van der Waals surface area (Å²) in [7, 11) is 0. The van der Waals surface area contributed by atoms with Gasteiger partial charge in [-0.15, -0.1) is 11.3 Å². The van der Waals surface area contributed by atoms with Gasteiger partial charge in [0, 0.05) is 33.1 Å². The number of Topliss-reactive ketones (excluding diaryl/α,β-unsaturated/α-hetero) is 1. The summed E-state index contributed by atoms with van der Waals surface area (Å²) in [5.41, 5.74) is 3.97. The Labute approximate surface area is 170 Å². The van der Waals surface area contributed by atoms with E-state index < -0.39 is 0 Å². The topological polar surface area (TPSA) is 67.8 Å². The largest absolute Gasteiger partial charge is 0.358 e. The monoisotopic (exact) mass is 399 g/mol. The predicted molar refractivity (Wildman–Crippen MR) is 117 cm³/mol. The molecule has 0 aliphatic carbocycles. The van der Waals surface area contributed by atoms with Crippen LogP contribution in [0, 0.1) is 6.92 Å². The van der Waals surface area contributed by atoms with Crippen molar-refractivity contribution < 1.29 is 4.79 Å². The van der Waals surface area contributed by atoms with E-state index in [1.165, 1.54) is 22.2 Å². The van der Waals surface area contributed by atoms with Crippen LogP contribution in [0.15, 0.2) is 71.1 Å². The van der Waals surface area contributed by atoms with Crippen LogP contribution in [0.3, 0.4) is 0 Å². The van der Waals surface area contributed by atoms with Crippen LogP contribution in [0.4, 0.5) is 0 Å². The number of ketones is 1. The zero-order chi connectivity index (χ0) is 20.0. The van der Waals surface area contributed by atoms with E-state index in [9.17, 15) is 9.59 Å². The lowest BCUT2D eigenvalue weighted by Gasteiger charge is -2.06. The van der Waals surface area contributed by atoms with Crippen LogP contribution in [0.25, 0.3) is 32.2 Å². The van der Waals surface area contributed by atoms with Crippen LogP contribution in [0.1, 0.15) is 16.1 Å². The number of hydrogen-bond acceptors (Lipinski definition) is 4. The second-order valence-electron chi connectivity index (χ2n) is 6.97. The van der Waals surface area contributed by atoms with Gasteiger partial charge in [0.25, 0.3) is 5.56 Å². The Morgan fingerprint density at radius 3 is 2.69 bits per heavy atom. The average Bonchev–Trinajstić information content (AvgIpc) is 3.31.